The third-order valence-corrected chi connectivity index (χ3v) is 3.13. The van der Waals surface area contributed by atoms with Crippen LogP contribution in [0.25, 0.3) is 0 Å². The second kappa shape index (κ2) is 4.51. The first-order valence-corrected chi connectivity index (χ1v) is 5.50. The maximum Gasteiger partial charge on any atom is 0.303 e. The Kier molecular flexibility index (Phi) is 3.19. The van der Waals surface area contributed by atoms with Gasteiger partial charge in [-0.2, -0.15) is 0 Å². The van der Waals surface area contributed by atoms with Gasteiger partial charge in [0.1, 0.15) is 0 Å². The first-order valence-electron chi connectivity index (χ1n) is 5.50. The van der Waals surface area contributed by atoms with Crippen molar-refractivity contribution in [3.8, 4) is 5.75 Å². The number of hydrogen-bond donors (Lipinski definition) is 2. The van der Waals surface area contributed by atoms with Gasteiger partial charge >= 0.3 is 5.97 Å². The molecule has 0 amide bonds. The molecule has 18 heavy (non-hydrogen) atoms. The molecule has 1 atom stereocenters. The summed E-state index contributed by atoms with van der Waals surface area (Å²) in [4.78, 5) is 10.7. The second-order valence-corrected chi connectivity index (χ2v) is 4.46. The highest BCUT2D eigenvalue weighted by atomic mass is 19.2. The number of carboxylic acids is 1. The number of carboxylic acid groups (broad SMARTS) is 1. The van der Waals surface area contributed by atoms with Crippen LogP contribution in [0.3, 0.4) is 0 Å². The zero-order valence-electron chi connectivity index (χ0n) is 9.29. The van der Waals surface area contributed by atoms with Crippen LogP contribution >= 0.6 is 0 Å². The molecule has 2 rings (SSSR count). The molecule has 1 aromatic carbocycles. The van der Waals surface area contributed by atoms with Crippen LogP contribution in [0.5, 0.6) is 5.75 Å². The molecule has 1 aliphatic rings. The number of benzene rings is 1. The maximum absolute atomic E-state index is 13.7. The summed E-state index contributed by atoms with van der Waals surface area (Å²) in [6, 6.07) is 0.346. The lowest BCUT2D eigenvalue weighted by molar-refractivity contribution is -0.137. The standard InChI is InChI=1S/C12H11F3O3/c13-7-4-8(16)12(15)10(11(7)14)6(3-9(17)18)5-1-2-5/h4-6,16H,1-3H2,(H,17,18). The molecule has 1 aromatic rings. The molecule has 2 N–H and O–H groups in total. The number of carbonyl (C=O) groups is 1. The fraction of sp³-hybridized carbons (Fsp3) is 0.417. The summed E-state index contributed by atoms with van der Waals surface area (Å²) in [5.41, 5.74) is -0.655. The van der Waals surface area contributed by atoms with E-state index < -0.39 is 47.1 Å². The average molecular weight is 260 g/mol. The zero-order chi connectivity index (χ0) is 13.4. The average Bonchev–Trinajstić information content (AvgIpc) is 3.08. The number of rotatable bonds is 4. The van der Waals surface area contributed by atoms with E-state index >= 15 is 0 Å². The molecule has 98 valence electrons. The first kappa shape index (κ1) is 12.7. The number of aromatic hydroxyl groups is 1. The maximum atomic E-state index is 13.7. The van der Waals surface area contributed by atoms with Gasteiger partial charge in [-0.25, -0.2) is 13.2 Å². The molecular formula is C12H11F3O3. The minimum Gasteiger partial charge on any atom is -0.505 e. The Labute approximate surface area is 101 Å². The summed E-state index contributed by atoms with van der Waals surface area (Å²) in [6.07, 6.45) is 0.809. The van der Waals surface area contributed by atoms with E-state index in [0.29, 0.717) is 18.9 Å². The van der Waals surface area contributed by atoms with Crippen molar-refractivity contribution in [2.45, 2.75) is 25.2 Å². The molecule has 6 heteroatoms. The number of hydrogen-bond acceptors (Lipinski definition) is 2. The fourth-order valence-corrected chi connectivity index (χ4v) is 2.13. The Bertz CT molecular complexity index is 472. The molecule has 0 heterocycles. The van der Waals surface area contributed by atoms with E-state index in [-0.39, 0.29) is 5.92 Å². The topological polar surface area (TPSA) is 57.5 Å². The van der Waals surface area contributed by atoms with Gasteiger partial charge in [0.05, 0.1) is 6.42 Å². The lowest BCUT2D eigenvalue weighted by Gasteiger charge is -2.17. The van der Waals surface area contributed by atoms with Crippen molar-refractivity contribution >= 4 is 5.97 Å². The Balaban J connectivity index is 2.49. The molecule has 0 aliphatic heterocycles. The first-order chi connectivity index (χ1) is 8.41. The quantitative estimate of drug-likeness (QED) is 0.818. The van der Waals surface area contributed by atoms with Gasteiger partial charge in [-0.05, 0) is 18.8 Å². The van der Waals surface area contributed by atoms with E-state index in [2.05, 4.69) is 0 Å². The van der Waals surface area contributed by atoms with E-state index in [1.54, 1.807) is 0 Å². The molecule has 0 radical (unpaired) electrons. The number of phenolic OH excluding ortho intramolecular Hbond substituents is 1. The van der Waals surface area contributed by atoms with Crippen LogP contribution in [0.4, 0.5) is 13.2 Å². The van der Waals surface area contributed by atoms with Crippen LogP contribution in [-0.2, 0) is 4.79 Å². The SMILES string of the molecule is O=C(O)CC(c1c(F)c(O)cc(F)c1F)C1CC1. The largest absolute Gasteiger partial charge is 0.505 e. The van der Waals surface area contributed by atoms with Crippen LogP contribution in [0.2, 0.25) is 0 Å². The van der Waals surface area contributed by atoms with Gasteiger partial charge in [-0.1, -0.05) is 0 Å². The molecule has 0 spiro atoms. The van der Waals surface area contributed by atoms with Crippen LogP contribution in [-0.4, -0.2) is 16.2 Å². The smallest absolute Gasteiger partial charge is 0.303 e. The number of phenols is 1. The molecule has 3 nitrogen and oxygen atoms in total. The lowest BCUT2D eigenvalue weighted by Crippen LogP contribution is -2.13. The van der Waals surface area contributed by atoms with Crippen LogP contribution < -0.4 is 0 Å². The van der Waals surface area contributed by atoms with Gasteiger partial charge in [0.2, 0.25) is 0 Å². The summed E-state index contributed by atoms with van der Waals surface area (Å²) in [6.45, 7) is 0. The van der Waals surface area contributed by atoms with Gasteiger partial charge in [0.25, 0.3) is 0 Å². The summed E-state index contributed by atoms with van der Waals surface area (Å²) >= 11 is 0. The third-order valence-electron chi connectivity index (χ3n) is 3.13. The summed E-state index contributed by atoms with van der Waals surface area (Å²) in [7, 11) is 0. The molecule has 0 aromatic heterocycles. The van der Waals surface area contributed by atoms with Crippen molar-refractivity contribution in [1.82, 2.24) is 0 Å². The molecule has 0 bridgehead atoms. The number of halogens is 3. The Morgan fingerprint density at radius 3 is 2.44 bits per heavy atom. The van der Waals surface area contributed by atoms with E-state index in [4.69, 9.17) is 10.2 Å². The summed E-state index contributed by atoms with van der Waals surface area (Å²) in [5.74, 6) is -7.39. The fourth-order valence-electron chi connectivity index (χ4n) is 2.13. The van der Waals surface area contributed by atoms with E-state index in [1.807, 2.05) is 0 Å². The van der Waals surface area contributed by atoms with Crippen molar-refractivity contribution in [2.24, 2.45) is 5.92 Å². The zero-order valence-corrected chi connectivity index (χ0v) is 9.29. The molecule has 1 unspecified atom stereocenters. The van der Waals surface area contributed by atoms with E-state index in [0.717, 1.165) is 0 Å². The predicted octanol–water partition coefficient (Wildman–Crippen LogP) is 2.78. The number of aliphatic carboxylic acids is 1. The van der Waals surface area contributed by atoms with Gasteiger partial charge < -0.3 is 10.2 Å². The minimum absolute atomic E-state index is 0.175. The van der Waals surface area contributed by atoms with Gasteiger partial charge in [0.15, 0.2) is 23.2 Å². The third kappa shape index (κ3) is 2.27. The minimum atomic E-state index is -1.41. The van der Waals surface area contributed by atoms with Crippen molar-refractivity contribution < 1.29 is 28.2 Å². The highest BCUT2D eigenvalue weighted by Crippen LogP contribution is 2.47. The predicted molar refractivity (Wildman–Crippen MR) is 55.7 cm³/mol. The van der Waals surface area contributed by atoms with E-state index in [9.17, 15) is 18.0 Å². The Morgan fingerprint density at radius 1 is 1.33 bits per heavy atom. The van der Waals surface area contributed by atoms with Crippen molar-refractivity contribution in [2.75, 3.05) is 0 Å². The second-order valence-electron chi connectivity index (χ2n) is 4.46. The van der Waals surface area contributed by atoms with Gasteiger partial charge in [-0.15, -0.1) is 0 Å². The highest BCUT2D eigenvalue weighted by molar-refractivity contribution is 5.68. The molecule has 0 saturated heterocycles. The summed E-state index contributed by atoms with van der Waals surface area (Å²) < 4.78 is 40.4. The molecular weight excluding hydrogens is 249 g/mol. The normalized spacial score (nSPS) is 16.6. The van der Waals surface area contributed by atoms with Crippen LogP contribution in [0.1, 0.15) is 30.7 Å². The molecule has 1 saturated carbocycles. The van der Waals surface area contributed by atoms with Crippen LogP contribution in [0.15, 0.2) is 6.07 Å². The van der Waals surface area contributed by atoms with Crippen molar-refractivity contribution in [3.05, 3.63) is 29.1 Å². The highest BCUT2D eigenvalue weighted by Gasteiger charge is 2.38. The molecule has 1 aliphatic carbocycles. The molecule has 1 fully saturated rings. The van der Waals surface area contributed by atoms with Crippen LogP contribution in [0, 0.1) is 23.4 Å². The van der Waals surface area contributed by atoms with E-state index in [1.165, 1.54) is 0 Å². The monoisotopic (exact) mass is 260 g/mol. The van der Waals surface area contributed by atoms with Gasteiger partial charge in [-0.3, -0.25) is 4.79 Å². The van der Waals surface area contributed by atoms with Crippen molar-refractivity contribution in [3.63, 3.8) is 0 Å². The van der Waals surface area contributed by atoms with Gasteiger partial charge in [0, 0.05) is 17.5 Å². The lowest BCUT2D eigenvalue weighted by atomic mass is 9.89. The Morgan fingerprint density at radius 2 is 1.94 bits per heavy atom. The Hall–Kier alpha value is -1.72. The summed E-state index contributed by atoms with van der Waals surface area (Å²) in [5, 5.41) is 17.9. The van der Waals surface area contributed by atoms with Crippen molar-refractivity contribution in [1.29, 1.82) is 0 Å².